The Balaban J connectivity index is 1.77. The van der Waals surface area contributed by atoms with Gasteiger partial charge in [0.05, 0.1) is 23.1 Å². The van der Waals surface area contributed by atoms with Gasteiger partial charge in [-0.05, 0) is 13.0 Å². The molecule has 3 aromatic heterocycles. The molecule has 0 aliphatic heterocycles. The minimum Gasteiger partial charge on any atom is -0.357 e. The van der Waals surface area contributed by atoms with Crippen LogP contribution in [0.3, 0.4) is 0 Å². The minimum absolute atomic E-state index is 0.242. The molecule has 27 heavy (non-hydrogen) atoms. The predicted octanol–water partition coefficient (Wildman–Crippen LogP) is 3.15. The molecule has 3 N–H and O–H groups in total. The lowest BCUT2D eigenvalue weighted by molar-refractivity contribution is -0.138. The van der Waals surface area contributed by atoms with Crippen molar-refractivity contribution in [3.8, 4) is 11.3 Å². The molecule has 0 bridgehead atoms. The van der Waals surface area contributed by atoms with Crippen LogP contribution in [0, 0.1) is 0 Å². The number of hydrogen-bond acceptors (Lipinski definition) is 5. The Morgan fingerprint density at radius 2 is 2.11 bits per heavy atom. The van der Waals surface area contributed by atoms with Crippen LogP contribution in [0.2, 0.25) is 5.02 Å². The molecule has 0 saturated carbocycles. The number of H-pyrrole nitrogens is 1. The van der Waals surface area contributed by atoms with Crippen LogP contribution in [0.15, 0.2) is 30.9 Å². The molecule has 3 aromatic rings. The molecule has 0 unspecified atom stereocenters. The highest BCUT2D eigenvalue weighted by atomic mass is 35.5. The summed E-state index contributed by atoms with van der Waals surface area (Å²) in [6, 6.07) is 0.793. The summed E-state index contributed by atoms with van der Waals surface area (Å²) < 4.78 is 36.6. The molecule has 0 aliphatic rings. The quantitative estimate of drug-likeness (QED) is 0.613. The fourth-order valence-corrected chi connectivity index (χ4v) is 2.54. The zero-order valence-electron chi connectivity index (χ0n) is 13.9. The Morgan fingerprint density at radius 1 is 1.33 bits per heavy atom. The highest BCUT2D eigenvalue weighted by molar-refractivity contribution is 6.31. The van der Waals surface area contributed by atoms with E-state index in [2.05, 4.69) is 25.3 Å². The molecule has 11 heteroatoms. The number of amides is 1. The number of fused-ring (bicyclic) bond motifs is 1. The summed E-state index contributed by atoms with van der Waals surface area (Å²) in [5, 5.41) is 5.75. The predicted molar refractivity (Wildman–Crippen MR) is 94.3 cm³/mol. The molecule has 1 amide bonds. The number of carbonyl (C=O) groups excluding carboxylic acids is 1. The second-order valence-electron chi connectivity index (χ2n) is 5.74. The average molecular weight is 399 g/mol. The molecule has 7 nitrogen and oxygen atoms in total. The van der Waals surface area contributed by atoms with E-state index in [-0.39, 0.29) is 5.82 Å². The van der Waals surface area contributed by atoms with Crippen LogP contribution in [0.25, 0.3) is 22.3 Å². The first kappa shape index (κ1) is 18.9. The van der Waals surface area contributed by atoms with Gasteiger partial charge in [0.1, 0.15) is 24.1 Å². The van der Waals surface area contributed by atoms with Crippen molar-refractivity contribution in [3.05, 3.63) is 35.9 Å². The summed E-state index contributed by atoms with van der Waals surface area (Å²) in [6.45, 7) is 0.0299. The van der Waals surface area contributed by atoms with Gasteiger partial charge in [-0.25, -0.2) is 9.97 Å². The molecule has 3 rings (SSSR count). The number of carbonyl (C=O) groups is 1. The zero-order valence-corrected chi connectivity index (χ0v) is 14.7. The van der Waals surface area contributed by atoms with Crippen molar-refractivity contribution in [2.45, 2.75) is 19.1 Å². The molecular weight excluding hydrogens is 385 g/mol. The highest BCUT2D eigenvalue weighted by Gasteiger charge is 2.28. The molecule has 142 valence electrons. The Hall–Kier alpha value is -2.88. The molecule has 0 saturated heterocycles. The third-order valence-corrected chi connectivity index (χ3v) is 3.84. The second kappa shape index (κ2) is 7.39. The largest absolute Gasteiger partial charge is 0.405 e. The summed E-state index contributed by atoms with van der Waals surface area (Å²) >= 11 is 5.98. The molecule has 3 heterocycles. The molecule has 1 atom stereocenters. The summed E-state index contributed by atoms with van der Waals surface area (Å²) in [5.74, 6) is -0.561. The monoisotopic (exact) mass is 398 g/mol. The lowest BCUT2D eigenvalue weighted by Gasteiger charge is -2.15. The summed E-state index contributed by atoms with van der Waals surface area (Å²) in [7, 11) is 0. The van der Waals surface area contributed by atoms with Crippen molar-refractivity contribution >= 4 is 34.4 Å². The molecule has 0 aromatic carbocycles. The van der Waals surface area contributed by atoms with Gasteiger partial charge in [-0.15, -0.1) is 0 Å². The Morgan fingerprint density at radius 3 is 2.85 bits per heavy atom. The van der Waals surface area contributed by atoms with Gasteiger partial charge in [0, 0.05) is 23.3 Å². The molecular formula is C16H14ClF3N6O. The average Bonchev–Trinajstić information content (AvgIpc) is 3.02. The number of halogens is 4. The highest BCUT2D eigenvalue weighted by Crippen LogP contribution is 2.28. The molecule has 0 spiro atoms. The fraction of sp³-hybridized carbons (Fsp3) is 0.250. The zero-order chi connectivity index (χ0) is 19.6. The molecule has 0 fully saturated rings. The van der Waals surface area contributed by atoms with E-state index in [0.717, 1.165) is 5.39 Å². The lowest BCUT2D eigenvalue weighted by Crippen LogP contribution is -2.42. The Kier molecular flexibility index (Phi) is 5.17. The van der Waals surface area contributed by atoms with Gasteiger partial charge in [0.25, 0.3) is 0 Å². The lowest BCUT2D eigenvalue weighted by atomic mass is 10.1. The fourth-order valence-electron chi connectivity index (χ4n) is 2.38. The maximum absolute atomic E-state index is 12.2. The number of alkyl halides is 3. The van der Waals surface area contributed by atoms with Crippen LogP contribution in [-0.2, 0) is 4.79 Å². The van der Waals surface area contributed by atoms with Crippen molar-refractivity contribution in [1.82, 2.24) is 25.3 Å². The van der Waals surface area contributed by atoms with Gasteiger partial charge in [-0.1, -0.05) is 11.6 Å². The number of anilines is 1. The third kappa shape index (κ3) is 4.64. The number of hydrogen-bond donors (Lipinski definition) is 3. The van der Waals surface area contributed by atoms with Gasteiger partial charge in [0.15, 0.2) is 0 Å². The van der Waals surface area contributed by atoms with Crippen LogP contribution in [-0.4, -0.2) is 44.6 Å². The number of rotatable bonds is 5. The normalized spacial score (nSPS) is 12.8. The maximum atomic E-state index is 12.2. The van der Waals surface area contributed by atoms with Crippen LogP contribution in [0.5, 0.6) is 0 Å². The van der Waals surface area contributed by atoms with Crippen molar-refractivity contribution in [2.24, 2.45) is 0 Å². The van der Waals surface area contributed by atoms with Crippen molar-refractivity contribution in [1.29, 1.82) is 0 Å². The van der Waals surface area contributed by atoms with Gasteiger partial charge in [-0.2, -0.15) is 13.2 Å². The van der Waals surface area contributed by atoms with E-state index in [1.165, 1.54) is 25.5 Å². The SMILES string of the molecule is C[C@H](Nc1cncc(-c2c[nH]c3ncc(Cl)cc23)n1)C(=O)NCC(F)(F)F. The number of aromatic amines is 1. The standard InChI is InChI=1S/C16H14ClF3N6O/c1-8(15(27)24-7-16(18,19)20)25-13-6-21-5-12(26-13)11-4-23-14-10(11)2-9(17)3-22-14/h2-6,8H,7H2,1H3,(H,22,23)(H,24,27)(H,25,26)/t8-/m0/s1. The summed E-state index contributed by atoms with van der Waals surface area (Å²) in [5.41, 5.74) is 1.80. The van der Waals surface area contributed by atoms with E-state index in [9.17, 15) is 18.0 Å². The van der Waals surface area contributed by atoms with E-state index in [0.29, 0.717) is 21.9 Å². The van der Waals surface area contributed by atoms with Crippen LogP contribution >= 0.6 is 11.6 Å². The Labute approximate surface area is 156 Å². The number of nitrogens with one attached hydrogen (secondary N) is 3. The number of aromatic nitrogens is 4. The minimum atomic E-state index is -4.47. The van der Waals surface area contributed by atoms with Crippen molar-refractivity contribution in [2.75, 3.05) is 11.9 Å². The van der Waals surface area contributed by atoms with Gasteiger partial charge in [0.2, 0.25) is 5.91 Å². The maximum Gasteiger partial charge on any atom is 0.405 e. The number of nitrogens with zero attached hydrogens (tertiary/aromatic N) is 3. The van der Waals surface area contributed by atoms with Gasteiger partial charge >= 0.3 is 6.18 Å². The van der Waals surface area contributed by atoms with E-state index in [1.807, 2.05) is 5.32 Å². The summed E-state index contributed by atoms with van der Waals surface area (Å²) in [4.78, 5) is 27.4. The van der Waals surface area contributed by atoms with E-state index in [4.69, 9.17) is 11.6 Å². The van der Waals surface area contributed by atoms with Crippen LogP contribution in [0.1, 0.15) is 6.92 Å². The van der Waals surface area contributed by atoms with Gasteiger partial charge < -0.3 is 15.6 Å². The van der Waals surface area contributed by atoms with Crippen molar-refractivity contribution < 1.29 is 18.0 Å². The molecule has 0 aliphatic carbocycles. The van der Waals surface area contributed by atoms with Gasteiger partial charge in [-0.3, -0.25) is 9.78 Å². The van der Waals surface area contributed by atoms with E-state index >= 15 is 0 Å². The first-order valence-electron chi connectivity index (χ1n) is 7.79. The van der Waals surface area contributed by atoms with Crippen LogP contribution in [0.4, 0.5) is 19.0 Å². The first-order chi connectivity index (χ1) is 12.7. The second-order valence-corrected chi connectivity index (χ2v) is 6.18. The topological polar surface area (TPSA) is 95.6 Å². The smallest absolute Gasteiger partial charge is 0.357 e. The molecule has 0 radical (unpaired) electrons. The first-order valence-corrected chi connectivity index (χ1v) is 8.17. The van der Waals surface area contributed by atoms with Crippen LogP contribution < -0.4 is 10.6 Å². The third-order valence-electron chi connectivity index (χ3n) is 3.63. The van der Waals surface area contributed by atoms with Crippen molar-refractivity contribution in [3.63, 3.8) is 0 Å². The Bertz CT molecular complexity index is 974. The number of pyridine rings is 1. The van der Waals surface area contributed by atoms with E-state index < -0.39 is 24.7 Å². The summed E-state index contributed by atoms with van der Waals surface area (Å²) in [6.07, 6.45) is 1.62. The van der Waals surface area contributed by atoms with E-state index in [1.54, 1.807) is 12.3 Å².